The van der Waals surface area contributed by atoms with Crippen molar-refractivity contribution < 1.29 is 9.21 Å². The summed E-state index contributed by atoms with van der Waals surface area (Å²) in [5, 5.41) is 3.07. The molecule has 0 aliphatic heterocycles. The molecule has 0 aliphatic rings. The van der Waals surface area contributed by atoms with E-state index in [0.29, 0.717) is 5.75 Å². The van der Waals surface area contributed by atoms with Crippen LogP contribution in [-0.2, 0) is 23.4 Å². The van der Waals surface area contributed by atoms with Crippen molar-refractivity contribution in [1.29, 1.82) is 0 Å². The Morgan fingerprint density at radius 1 is 1.14 bits per heavy atom. The number of nitrogens with one attached hydrogen (secondary N) is 1. The van der Waals surface area contributed by atoms with Gasteiger partial charge in [-0.3, -0.25) is 4.79 Å². The number of thioether (sulfide) groups is 1. The predicted molar refractivity (Wildman–Crippen MR) is 88.7 cm³/mol. The number of carbonyl (C=O) groups excluding carboxylic acids is 1. The van der Waals surface area contributed by atoms with E-state index in [1.807, 2.05) is 12.1 Å². The molecule has 0 spiro atoms. The predicted octanol–water partition coefficient (Wildman–Crippen LogP) is 4.28. The molecular formula is C17H21NO2S. The Bertz CT molecular complexity index is 556. The van der Waals surface area contributed by atoms with Crippen LogP contribution in [0.1, 0.15) is 30.7 Å². The molecule has 3 nitrogen and oxygen atoms in total. The Labute approximate surface area is 130 Å². The van der Waals surface area contributed by atoms with Gasteiger partial charge in [-0.2, -0.15) is 0 Å². The number of anilines is 1. The van der Waals surface area contributed by atoms with Crippen molar-refractivity contribution in [1.82, 2.24) is 0 Å². The summed E-state index contributed by atoms with van der Waals surface area (Å²) >= 11 is 1.56. The van der Waals surface area contributed by atoms with E-state index < -0.39 is 0 Å². The highest BCUT2D eigenvalue weighted by atomic mass is 32.2. The summed E-state index contributed by atoms with van der Waals surface area (Å²) in [4.78, 5) is 12.1. The second-order valence-electron chi connectivity index (χ2n) is 4.78. The maximum Gasteiger partial charge on any atom is 0.234 e. The van der Waals surface area contributed by atoms with E-state index in [4.69, 9.17) is 4.42 Å². The van der Waals surface area contributed by atoms with E-state index in [1.165, 1.54) is 11.1 Å². The average Bonchev–Trinajstić information content (AvgIpc) is 3.00. The first-order valence-electron chi connectivity index (χ1n) is 7.25. The van der Waals surface area contributed by atoms with Gasteiger partial charge >= 0.3 is 0 Å². The summed E-state index contributed by atoms with van der Waals surface area (Å²) < 4.78 is 5.25. The molecule has 112 valence electrons. The second-order valence-corrected chi connectivity index (χ2v) is 5.76. The minimum atomic E-state index is 0.0437. The summed E-state index contributed by atoms with van der Waals surface area (Å²) in [6.45, 7) is 4.21. The first kappa shape index (κ1) is 15.7. The minimum absolute atomic E-state index is 0.0437. The normalized spacial score (nSPS) is 10.6. The van der Waals surface area contributed by atoms with Gasteiger partial charge in [-0.15, -0.1) is 11.8 Å². The van der Waals surface area contributed by atoms with Gasteiger partial charge in [-0.1, -0.05) is 32.0 Å². The number of amides is 1. The van der Waals surface area contributed by atoms with Crippen molar-refractivity contribution in [2.75, 3.05) is 11.1 Å². The third-order valence-corrected chi connectivity index (χ3v) is 4.28. The summed E-state index contributed by atoms with van der Waals surface area (Å²) in [5.74, 6) is 2.09. The first-order chi connectivity index (χ1) is 10.2. The van der Waals surface area contributed by atoms with E-state index >= 15 is 0 Å². The molecule has 4 heteroatoms. The number of furan rings is 1. The number of para-hydroxylation sites is 1. The highest BCUT2D eigenvalue weighted by molar-refractivity contribution is 7.99. The van der Waals surface area contributed by atoms with Gasteiger partial charge in [0.25, 0.3) is 0 Å². The fourth-order valence-electron chi connectivity index (χ4n) is 2.22. The number of carbonyl (C=O) groups is 1. The number of hydrogen-bond donors (Lipinski definition) is 1. The van der Waals surface area contributed by atoms with Crippen LogP contribution in [0, 0.1) is 0 Å². The van der Waals surface area contributed by atoms with Crippen molar-refractivity contribution >= 4 is 23.4 Å². The lowest BCUT2D eigenvalue weighted by Crippen LogP contribution is -2.16. The molecule has 2 rings (SSSR count). The summed E-state index contributed by atoms with van der Waals surface area (Å²) in [5.41, 5.74) is 3.38. The van der Waals surface area contributed by atoms with E-state index in [1.54, 1.807) is 18.0 Å². The molecule has 1 N–H and O–H groups in total. The van der Waals surface area contributed by atoms with Crippen LogP contribution in [0.25, 0.3) is 0 Å². The van der Waals surface area contributed by atoms with Crippen LogP contribution >= 0.6 is 11.8 Å². The zero-order chi connectivity index (χ0) is 15.1. The average molecular weight is 303 g/mol. The van der Waals surface area contributed by atoms with Crippen molar-refractivity contribution in [2.45, 2.75) is 32.4 Å². The summed E-state index contributed by atoms with van der Waals surface area (Å²) in [6.07, 6.45) is 3.49. The van der Waals surface area contributed by atoms with Gasteiger partial charge in [0.15, 0.2) is 0 Å². The fourth-order valence-corrected chi connectivity index (χ4v) is 2.94. The van der Waals surface area contributed by atoms with Crippen molar-refractivity contribution in [2.24, 2.45) is 0 Å². The van der Waals surface area contributed by atoms with E-state index in [2.05, 4.69) is 37.4 Å². The highest BCUT2D eigenvalue weighted by Crippen LogP contribution is 2.23. The van der Waals surface area contributed by atoms with Crippen LogP contribution in [0.15, 0.2) is 41.0 Å². The molecule has 0 saturated carbocycles. The third kappa shape index (κ3) is 4.39. The molecule has 21 heavy (non-hydrogen) atoms. The number of rotatable bonds is 7. The highest BCUT2D eigenvalue weighted by Gasteiger charge is 2.10. The Morgan fingerprint density at radius 3 is 2.43 bits per heavy atom. The smallest absolute Gasteiger partial charge is 0.234 e. The minimum Gasteiger partial charge on any atom is -0.468 e. The fraction of sp³-hybridized carbons (Fsp3) is 0.353. The monoisotopic (exact) mass is 303 g/mol. The molecule has 1 amide bonds. The number of benzene rings is 1. The second kappa shape index (κ2) is 7.93. The molecule has 1 aromatic carbocycles. The van der Waals surface area contributed by atoms with Crippen molar-refractivity contribution in [3.63, 3.8) is 0 Å². The third-order valence-electron chi connectivity index (χ3n) is 3.32. The van der Waals surface area contributed by atoms with Crippen LogP contribution in [0.4, 0.5) is 5.69 Å². The molecule has 1 heterocycles. The zero-order valence-corrected chi connectivity index (χ0v) is 13.3. The molecular weight excluding hydrogens is 282 g/mol. The molecule has 0 fully saturated rings. The van der Waals surface area contributed by atoms with Crippen LogP contribution in [0.5, 0.6) is 0 Å². The van der Waals surface area contributed by atoms with Crippen LogP contribution in [0.2, 0.25) is 0 Å². The quantitative estimate of drug-likeness (QED) is 0.830. The Kier molecular flexibility index (Phi) is 5.93. The maximum absolute atomic E-state index is 12.1. The van der Waals surface area contributed by atoms with Gasteiger partial charge in [0.2, 0.25) is 5.91 Å². The molecule has 0 atom stereocenters. The standard InChI is InChI=1S/C17H21NO2S/c1-3-13-7-5-8-14(4-2)17(13)18-16(19)12-21-11-15-9-6-10-20-15/h5-10H,3-4,11-12H2,1-2H3,(H,18,19). The van der Waals surface area contributed by atoms with Gasteiger partial charge in [0, 0.05) is 5.69 Å². The Hall–Kier alpha value is -1.68. The van der Waals surface area contributed by atoms with Gasteiger partial charge in [0.05, 0.1) is 17.8 Å². The number of hydrogen-bond acceptors (Lipinski definition) is 3. The zero-order valence-electron chi connectivity index (χ0n) is 12.5. The lowest BCUT2D eigenvalue weighted by Gasteiger charge is -2.14. The van der Waals surface area contributed by atoms with E-state index in [9.17, 15) is 4.79 Å². The summed E-state index contributed by atoms with van der Waals surface area (Å²) in [6, 6.07) is 9.99. The van der Waals surface area contributed by atoms with Crippen molar-refractivity contribution in [3.8, 4) is 0 Å². The van der Waals surface area contributed by atoms with Gasteiger partial charge in [-0.05, 0) is 36.1 Å². The SMILES string of the molecule is CCc1cccc(CC)c1NC(=O)CSCc1ccco1. The van der Waals surface area contributed by atoms with Gasteiger partial charge < -0.3 is 9.73 Å². The van der Waals surface area contributed by atoms with E-state index in [0.717, 1.165) is 30.0 Å². The first-order valence-corrected chi connectivity index (χ1v) is 8.40. The van der Waals surface area contributed by atoms with Crippen LogP contribution in [-0.4, -0.2) is 11.7 Å². The number of aryl methyl sites for hydroxylation is 2. The van der Waals surface area contributed by atoms with Crippen LogP contribution in [0.3, 0.4) is 0 Å². The topological polar surface area (TPSA) is 42.2 Å². The molecule has 2 aromatic rings. The van der Waals surface area contributed by atoms with Crippen LogP contribution < -0.4 is 5.32 Å². The molecule has 0 radical (unpaired) electrons. The maximum atomic E-state index is 12.1. The lowest BCUT2D eigenvalue weighted by atomic mass is 10.0. The summed E-state index contributed by atoms with van der Waals surface area (Å²) in [7, 11) is 0. The van der Waals surface area contributed by atoms with Gasteiger partial charge in [-0.25, -0.2) is 0 Å². The van der Waals surface area contributed by atoms with E-state index in [-0.39, 0.29) is 5.91 Å². The molecule has 1 aromatic heterocycles. The molecule has 0 bridgehead atoms. The van der Waals surface area contributed by atoms with Crippen molar-refractivity contribution in [3.05, 3.63) is 53.5 Å². The van der Waals surface area contributed by atoms with Gasteiger partial charge in [0.1, 0.15) is 5.76 Å². The largest absolute Gasteiger partial charge is 0.468 e. The molecule has 0 unspecified atom stereocenters. The molecule has 0 aliphatic carbocycles. The lowest BCUT2D eigenvalue weighted by molar-refractivity contribution is -0.113. The Balaban J connectivity index is 1.93. The Morgan fingerprint density at radius 2 is 1.86 bits per heavy atom. The molecule has 0 saturated heterocycles.